The highest BCUT2D eigenvalue weighted by atomic mass is 15.7. The second-order valence-corrected chi connectivity index (χ2v) is 5.61. The van der Waals surface area contributed by atoms with Gasteiger partial charge in [0.05, 0.1) is 6.04 Å². The lowest BCUT2D eigenvalue weighted by atomic mass is 10.00. The van der Waals surface area contributed by atoms with Crippen molar-refractivity contribution in [3.8, 4) is 0 Å². The zero-order valence-corrected chi connectivity index (χ0v) is 10.8. The maximum absolute atomic E-state index is 2.50. The van der Waals surface area contributed by atoms with Crippen molar-refractivity contribution in [1.82, 2.24) is 10.0 Å². The van der Waals surface area contributed by atoms with E-state index in [2.05, 4.69) is 68.2 Å². The van der Waals surface area contributed by atoms with Gasteiger partial charge in [-0.15, -0.1) is 0 Å². The number of benzene rings is 1. The molecule has 0 aliphatic carbocycles. The molecule has 0 aromatic heterocycles. The third kappa shape index (κ3) is 2.13. The molecule has 16 heavy (non-hydrogen) atoms. The van der Waals surface area contributed by atoms with Crippen LogP contribution in [0.15, 0.2) is 30.3 Å². The molecule has 1 atom stereocenters. The van der Waals surface area contributed by atoms with Gasteiger partial charge in [-0.1, -0.05) is 30.3 Å². The topological polar surface area (TPSA) is 6.48 Å². The second-order valence-electron chi connectivity index (χ2n) is 5.61. The van der Waals surface area contributed by atoms with E-state index in [9.17, 15) is 0 Å². The predicted molar refractivity (Wildman–Crippen MR) is 68.0 cm³/mol. The maximum atomic E-state index is 2.50. The van der Waals surface area contributed by atoms with Crippen molar-refractivity contribution in [2.24, 2.45) is 0 Å². The molecular weight excluding hydrogens is 196 g/mol. The fourth-order valence-electron chi connectivity index (χ4n) is 2.74. The molecule has 2 nitrogen and oxygen atoms in total. The Morgan fingerprint density at radius 3 is 2.31 bits per heavy atom. The lowest BCUT2D eigenvalue weighted by molar-refractivity contribution is -0.0588. The van der Waals surface area contributed by atoms with E-state index < -0.39 is 0 Å². The van der Waals surface area contributed by atoms with Crippen LogP contribution in [0.2, 0.25) is 0 Å². The monoisotopic (exact) mass is 218 g/mol. The van der Waals surface area contributed by atoms with Crippen molar-refractivity contribution >= 4 is 0 Å². The molecule has 0 saturated carbocycles. The Labute approximate surface area is 98.8 Å². The van der Waals surface area contributed by atoms with Gasteiger partial charge in [0.25, 0.3) is 0 Å². The van der Waals surface area contributed by atoms with Gasteiger partial charge in [-0.3, -0.25) is 0 Å². The molecule has 1 aliphatic heterocycles. The molecule has 1 saturated heterocycles. The van der Waals surface area contributed by atoms with Gasteiger partial charge in [-0.25, -0.2) is 10.0 Å². The summed E-state index contributed by atoms with van der Waals surface area (Å²) in [5, 5.41) is 4.86. The first-order valence-corrected chi connectivity index (χ1v) is 6.05. The molecule has 1 fully saturated rings. The quantitative estimate of drug-likeness (QED) is 0.714. The molecule has 1 unspecified atom stereocenters. The lowest BCUT2D eigenvalue weighted by Crippen LogP contribution is -2.47. The average Bonchev–Trinajstić information content (AvgIpc) is 2.61. The van der Waals surface area contributed by atoms with Crippen molar-refractivity contribution < 1.29 is 0 Å². The van der Waals surface area contributed by atoms with Gasteiger partial charge in [0, 0.05) is 19.1 Å². The number of hydrogen-bond donors (Lipinski definition) is 0. The van der Waals surface area contributed by atoms with E-state index in [4.69, 9.17) is 0 Å². The molecule has 1 heterocycles. The highest BCUT2D eigenvalue weighted by molar-refractivity contribution is 5.20. The number of nitrogens with zero attached hydrogens (tertiary/aromatic N) is 2. The summed E-state index contributed by atoms with van der Waals surface area (Å²) >= 11 is 0. The highest BCUT2D eigenvalue weighted by Crippen LogP contribution is 2.36. The molecule has 0 amide bonds. The molecule has 88 valence electrons. The molecule has 2 heteroatoms. The van der Waals surface area contributed by atoms with Crippen molar-refractivity contribution in [3.05, 3.63) is 35.9 Å². The van der Waals surface area contributed by atoms with Crippen LogP contribution in [0, 0.1) is 0 Å². The van der Waals surface area contributed by atoms with Crippen LogP contribution >= 0.6 is 0 Å². The summed E-state index contributed by atoms with van der Waals surface area (Å²) < 4.78 is 0. The van der Waals surface area contributed by atoms with Crippen molar-refractivity contribution in [1.29, 1.82) is 0 Å². The summed E-state index contributed by atoms with van der Waals surface area (Å²) in [7, 11) is 2.19. The summed E-state index contributed by atoms with van der Waals surface area (Å²) in [5.41, 5.74) is 1.62. The van der Waals surface area contributed by atoms with Crippen molar-refractivity contribution in [2.45, 2.75) is 38.8 Å². The third-order valence-corrected chi connectivity index (χ3v) is 3.26. The summed E-state index contributed by atoms with van der Waals surface area (Å²) in [4.78, 5) is 0. The Kier molecular flexibility index (Phi) is 3.04. The van der Waals surface area contributed by atoms with E-state index in [1.807, 2.05) is 0 Å². The largest absolute Gasteiger partial charge is 0.244 e. The Hall–Kier alpha value is -0.860. The summed E-state index contributed by atoms with van der Waals surface area (Å²) in [6.07, 6.45) is 1.22. The Morgan fingerprint density at radius 1 is 1.12 bits per heavy atom. The summed E-state index contributed by atoms with van der Waals surface area (Å²) in [5.74, 6) is 0. The summed E-state index contributed by atoms with van der Waals surface area (Å²) in [6.45, 7) is 8.00. The minimum atomic E-state index is 0.186. The predicted octanol–water partition coefficient (Wildman–Crippen LogP) is 3.08. The van der Waals surface area contributed by atoms with Gasteiger partial charge >= 0.3 is 0 Å². The van der Waals surface area contributed by atoms with Crippen LogP contribution < -0.4 is 0 Å². The number of hydrazine groups is 1. The van der Waals surface area contributed by atoms with E-state index in [1.165, 1.54) is 12.0 Å². The van der Waals surface area contributed by atoms with Crippen molar-refractivity contribution in [2.75, 3.05) is 13.6 Å². The first-order chi connectivity index (χ1) is 7.50. The molecule has 1 aliphatic rings. The fraction of sp³-hybridized carbons (Fsp3) is 0.571. The normalized spacial score (nSPS) is 23.9. The van der Waals surface area contributed by atoms with Crippen LogP contribution in [-0.4, -0.2) is 29.1 Å². The minimum Gasteiger partial charge on any atom is -0.244 e. The molecule has 0 spiro atoms. The molecule has 2 rings (SSSR count). The molecule has 1 aromatic carbocycles. The van der Waals surface area contributed by atoms with Gasteiger partial charge in [-0.2, -0.15) is 0 Å². The SMILES string of the molecule is CN1CCC(c2ccccc2)N1C(C)(C)C. The maximum Gasteiger partial charge on any atom is 0.0513 e. The van der Waals surface area contributed by atoms with Crippen LogP contribution in [0.25, 0.3) is 0 Å². The first-order valence-electron chi connectivity index (χ1n) is 6.05. The van der Waals surface area contributed by atoms with E-state index >= 15 is 0 Å². The van der Waals surface area contributed by atoms with Gasteiger partial charge in [0.1, 0.15) is 0 Å². The first kappa shape index (κ1) is 11.6. The van der Waals surface area contributed by atoms with Crippen LogP contribution in [0.1, 0.15) is 38.8 Å². The van der Waals surface area contributed by atoms with Crippen LogP contribution in [0.5, 0.6) is 0 Å². The zero-order chi connectivity index (χ0) is 11.8. The Balaban J connectivity index is 2.28. The Morgan fingerprint density at radius 2 is 1.75 bits per heavy atom. The van der Waals surface area contributed by atoms with E-state index in [1.54, 1.807) is 0 Å². The minimum absolute atomic E-state index is 0.186. The molecule has 0 radical (unpaired) electrons. The third-order valence-electron chi connectivity index (χ3n) is 3.26. The smallest absolute Gasteiger partial charge is 0.0513 e. The number of hydrogen-bond acceptors (Lipinski definition) is 2. The highest BCUT2D eigenvalue weighted by Gasteiger charge is 2.37. The van der Waals surface area contributed by atoms with E-state index in [0.29, 0.717) is 6.04 Å². The molecule has 1 aromatic rings. The second kappa shape index (κ2) is 4.19. The standard InChI is InChI=1S/C14H22N2/c1-14(2,3)16-13(10-11-15(16)4)12-8-6-5-7-9-12/h5-9,13H,10-11H2,1-4H3. The molecular formula is C14H22N2. The molecule has 0 bridgehead atoms. The van der Waals surface area contributed by atoms with Crippen LogP contribution in [0.4, 0.5) is 0 Å². The Bertz CT molecular complexity index is 340. The van der Waals surface area contributed by atoms with Crippen molar-refractivity contribution in [3.63, 3.8) is 0 Å². The molecule has 0 N–H and O–H groups in total. The van der Waals surface area contributed by atoms with Gasteiger partial charge < -0.3 is 0 Å². The average molecular weight is 218 g/mol. The van der Waals surface area contributed by atoms with E-state index in [0.717, 1.165) is 6.54 Å². The van der Waals surface area contributed by atoms with Crippen LogP contribution in [-0.2, 0) is 0 Å². The summed E-state index contributed by atoms with van der Waals surface area (Å²) in [6, 6.07) is 11.4. The van der Waals surface area contributed by atoms with E-state index in [-0.39, 0.29) is 5.54 Å². The van der Waals surface area contributed by atoms with Gasteiger partial charge in [0.15, 0.2) is 0 Å². The fourth-order valence-corrected chi connectivity index (χ4v) is 2.74. The zero-order valence-electron chi connectivity index (χ0n) is 10.8. The lowest BCUT2D eigenvalue weighted by Gasteiger charge is -2.41. The number of rotatable bonds is 1. The van der Waals surface area contributed by atoms with Crippen LogP contribution in [0.3, 0.4) is 0 Å². The van der Waals surface area contributed by atoms with Gasteiger partial charge in [-0.05, 0) is 32.8 Å². The van der Waals surface area contributed by atoms with Gasteiger partial charge in [0.2, 0.25) is 0 Å².